The number of carbonyl (C=O) groups excluding carboxylic acids is 1. The number of nitrogens with zero attached hydrogens (tertiary/aromatic N) is 4. The molecule has 0 bridgehead atoms. The first-order valence-corrected chi connectivity index (χ1v) is 8.58. The van der Waals surface area contributed by atoms with Crippen LogP contribution >= 0.6 is 0 Å². The van der Waals surface area contributed by atoms with Crippen molar-refractivity contribution in [3.63, 3.8) is 0 Å². The van der Waals surface area contributed by atoms with Gasteiger partial charge in [-0.3, -0.25) is 9.36 Å². The predicted molar refractivity (Wildman–Crippen MR) is 103 cm³/mol. The maximum absolute atomic E-state index is 12.4. The van der Waals surface area contributed by atoms with E-state index in [1.54, 1.807) is 43.2 Å². The standard InChI is InChI=1S/C19H18N6O3/c1-24-17-9-12(3-8-16(17)21-19(24)27)18(26)20-10-13-11-25(23-22-13)14-4-6-15(28-2)7-5-14/h3-9,11H,10H2,1-2H3,(H,20,26)(H,21,27). The zero-order chi connectivity index (χ0) is 19.7. The van der Waals surface area contributed by atoms with Gasteiger partial charge in [0.2, 0.25) is 0 Å². The fraction of sp³-hybridized carbons (Fsp3) is 0.158. The number of aromatic nitrogens is 5. The van der Waals surface area contributed by atoms with E-state index in [2.05, 4.69) is 20.6 Å². The maximum Gasteiger partial charge on any atom is 0.326 e. The molecular formula is C19H18N6O3. The Morgan fingerprint density at radius 3 is 2.75 bits per heavy atom. The molecule has 0 saturated carbocycles. The molecule has 1 amide bonds. The highest BCUT2D eigenvalue weighted by atomic mass is 16.5. The van der Waals surface area contributed by atoms with Gasteiger partial charge in [0.25, 0.3) is 5.91 Å². The number of benzene rings is 2. The Bertz CT molecular complexity index is 1200. The number of hydrogen-bond acceptors (Lipinski definition) is 5. The molecule has 0 aliphatic carbocycles. The van der Waals surface area contributed by atoms with Crippen LogP contribution in [0, 0.1) is 0 Å². The highest BCUT2D eigenvalue weighted by molar-refractivity contribution is 5.97. The normalized spacial score (nSPS) is 10.9. The van der Waals surface area contributed by atoms with E-state index in [0.29, 0.717) is 22.3 Å². The molecule has 2 aromatic carbocycles. The lowest BCUT2D eigenvalue weighted by atomic mass is 10.2. The predicted octanol–water partition coefficient (Wildman–Crippen LogP) is 1.39. The second-order valence-electron chi connectivity index (χ2n) is 6.26. The molecule has 9 nitrogen and oxygen atoms in total. The van der Waals surface area contributed by atoms with Gasteiger partial charge in [0.15, 0.2) is 0 Å². The van der Waals surface area contributed by atoms with Gasteiger partial charge in [-0.05, 0) is 42.5 Å². The molecule has 2 aromatic heterocycles. The minimum absolute atomic E-state index is 0.220. The number of amides is 1. The first kappa shape index (κ1) is 17.5. The average molecular weight is 378 g/mol. The Kier molecular flexibility index (Phi) is 4.40. The fourth-order valence-electron chi connectivity index (χ4n) is 2.88. The summed E-state index contributed by atoms with van der Waals surface area (Å²) in [5.41, 5.74) is 3.06. The third-order valence-electron chi connectivity index (χ3n) is 4.48. The zero-order valence-corrected chi connectivity index (χ0v) is 15.3. The summed E-state index contributed by atoms with van der Waals surface area (Å²) in [5, 5.41) is 11.0. The van der Waals surface area contributed by atoms with Crippen molar-refractivity contribution in [3.8, 4) is 11.4 Å². The van der Waals surface area contributed by atoms with E-state index in [0.717, 1.165) is 11.4 Å². The van der Waals surface area contributed by atoms with Crippen LogP contribution < -0.4 is 15.7 Å². The SMILES string of the molecule is COc1ccc(-n2cc(CNC(=O)c3ccc4[nH]c(=O)n(C)c4c3)nn2)cc1. The average Bonchev–Trinajstić information content (AvgIpc) is 3.31. The first-order valence-electron chi connectivity index (χ1n) is 8.58. The number of methoxy groups -OCH3 is 1. The summed E-state index contributed by atoms with van der Waals surface area (Å²) in [6.07, 6.45) is 1.75. The van der Waals surface area contributed by atoms with Crippen molar-refractivity contribution in [2.45, 2.75) is 6.54 Å². The van der Waals surface area contributed by atoms with Crippen LogP contribution in [0.4, 0.5) is 0 Å². The fourth-order valence-corrected chi connectivity index (χ4v) is 2.88. The van der Waals surface area contributed by atoms with Gasteiger partial charge in [-0.1, -0.05) is 5.21 Å². The Balaban J connectivity index is 1.45. The maximum atomic E-state index is 12.4. The lowest BCUT2D eigenvalue weighted by Crippen LogP contribution is -2.23. The Labute approximate surface area is 159 Å². The summed E-state index contributed by atoms with van der Waals surface area (Å²) in [7, 11) is 3.26. The number of rotatable bonds is 5. The van der Waals surface area contributed by atoms with Crippen LogP contribution in [0.25, 0.3) is 16.7 Å². The summed E-state index contributed by atoms with van der Waals surface area (Å²) in [5.74, 6) is 0.503. The van der Waals surface area contributed by atoms with Crippen LogP contribution in [-0.4, -0.2) is 37.6 Å². The number of fused-ring (bicyclic) bond motifs is 1. The molecule has 0 saturated heterocycles. The van der Waals surface area contributed by atoms with Gasteiger partial charge >= 0.3 is 5.69 Å². The Morgan fingerprint density at radius 1 is 1.21 bits per heavy atom. The number of imidazole rings is 1. The van der Waals surface area contributed by atoms with Crippen molar-refractivity contribution in [3.05, 3.63) is 70.4 Å². The van der Waals surface area contributed by atoms with Crippen molar-refractivity contribution in [2.75, 3.05) is 7.11 Å². The van der Waals surface area contributed by atoms with Crippen molar-refractivity contribution in [1.82, 2.24) is 29.9 Å². The van der Waals surface area contributed by atoms with E-state index in [-0.39, 0.29) is 18.1 Å². The largest absolute Gasteiger partial charge is 0.497 e. The number of H-pyrrole nitrogens is 1. The van der Waals surface area contributed by atoms with E-state index in [1.807, 2.05) is 24.3 Å². The number of hydrogen-bond donors (Lipinski definition) is 2. The molecule has 142 valence electrons. The van der Waals surface area contributed by atoms with Crippen molar-refractivity contribution < 1.29 is 9.53 Å². The number of nitrogens with one attached hydrogen (secondary N) is 2. The summed E-state index contributed by atoms with van der Waals surface area (Å²) in [6, 6.07) is 12.5. The molecule has 28 heavy (non-hydrogen) atoms. The Morgan fingerprint density at radius 2 is 2.00 bits per heavy atom. The van der Waals surface area contributed by atoms with Gasteiger partial charge in [0.1, 0.15) is 11.4 Å². The van der Waals surface area contributed by atoms with E-state index in [1.165, 1.54) is 4.57 Å². The third kappa shape index (κ3) is 3.25. The molecule has 0 fully saturated rings. The van der Waals surface area contributed by atoms with Gasteiger partial charge in [0, 0.05) is 12.6 Å². The molecule has 9 heteroatoms. The minimum atomic E-state index is -0.255. The Hall–Kier alpha value is -3.88. The molecule has 0 aliphatic rings. The first-order chi connectivity index (χ1) is 13.5. The van der Waals surface area contributed by atoms with Crippen molar-refractivity contribution in [2.24, 2.45) is 7.05 Å². The van der Waals surface area contributed by atoms with E-state index < -0.39 is 0 Å². The molecule has 0 aliphatic heterocycles. The van der Waals surface area contributed by atoms with E-state index >= 15 is 0 Å². The van der Waals surface area contributed by atoms with Gasteiger partial charge in [0.05, 0.1) is 36.6 Å². The quantitative estimate of drug-likeness (QED) is 0.546. The second kappa shape index (κ2) is 7.03. The summed E-state index contributed by atoms with van der Waals surface area (Å²) in [4.78, 5) is 26.8. The summed E-state index contributed by atoms with van der Waals surface area (Å²) in [6.45, 7) is 0.235. The molecule has 0 spiro atoms. The second-order valence-corrected chi connectivity index (χ2v) is 6.26. The van der Waals surface area contributed by atoms with Gasteiger partial charge < -0.3 is 15.0 Å². The van der Waals surface area contributed by atoms with Crippen LogP contribution in [-0.2, 0) is 13.6 Å². The molecule has 4 rings (SSSR count). The lowest BCUT2D eigenvalue weighted by molar-refractivity contribution is 0.0950. The van der Waals surface area contributed by atoms with Crippen LogP contribution in [0.5, 0.6) is 5.75 Å². The van der Waals surface area contributed by atoms with Gasteiger partial charge in [-0.2, -0.15) is 0 Å². The number of carbonyl (C=O) groups is 1. The van der Waals surface area contributed by atoms with Crippen LogP contribution in [0.15, 0.2) is 53.5 Å². The van der Waals surface area contributed by atoms with Crippen LogP contribution in [0.1, 0.15) is 16.1 Å². The van der Waals surface area contributed by atoms with Gasteiger partial charge in [-0.15, -0.1) is 5.10 Å². The third-order valence-corrected chi connectivity index (χ3v) is 4.48. The minimum Gasteiger partial charge on any atom is -0.497 e. The highest BCUT2D eigenvalue weighted by Crippen LogP contribution is 2.15. The monoisotopic (exact) mass is 378 g/mol. The summed E-state index contributed by atoms with van der Waals surface area (Å²) < 4.78 is 8.23. The van der Waals surface area contributed by atoms with Crippen molar-refractivity contribution >= 4 is 16.9 Å². The molecule has 4 aromatic rings. The van der Waals surface area contributed by atoms with E-state index in [4.69, 9.17) is 4.74 Å². The molecule has 0 radical (unpaired) electrons. The van der Waals surface area contributed by atoms with Crippen LogP contribution in [0.3, 0.4) is 0 Å². The molecule has 0 atom stereocenters. The lowest BCUT2D eigenvalue weighted by Gasteiger charge is -2.04. The zero-order valence-electron chi connectivity index (χ0n) is 15.3. The van der Waals surface area contributed by atoms with Gasteiger partial charge in [-0.25, -0.2) is 9.48 Å². The summed E-state index contributed by atoms with van der Waals surface area (Å²) >= 11 is 0. The molecular weight excluding hydrogens is 360 g/mol. The number of aromatic amines is 1. The molecule has 2 heterocycles. The molecule has 2 N–H and O–H groups in total. The topological polar surface area (TPSA) is 107 Å². The highest BCUT2D eigenvalue weighted by Gasteiger charge is 2.11. The molecule has 0 unspecified atom stereocenters. The smallest absolute Gasteiger partial charge is 0.326 e. The van der Waals surface area contributed by atoms with Crippen molar-refractivity contribution in [1.29, 1.82) is 0 Å². The van der Waals surface area contributed by atoms with E-state index in [9.17, 15) is 9.59 Å². The number of aryl methyl sites for hydroxylation is 1. The number of ether oxygens (including phenoxy) is 1. The van der Waals surface area contributed by atoms with Crippen LogP contribution in [0.2, 0.25) is 0 Å².